The minimum Gasteiger partial charge on any atom is -0.329 e. The SMILES string of the molecule is Cc1ccc(C2(CN)C=CC=CC2)cc1C. The van der Waals surface area contributed by atoms with E-state index in [0.29, 0.717) is 6.54 Å². The standard InChI is InChI=1S/C15H19N/c1-12-6-7-14(10-13(12)2)15(11-16)8-4-3-5-9-15/h3-8,10H,9,11,16H2,1-2H3. The highest BCUT2D eigenvalue weighted by Gasteiger charge is 2.27. The number of hydrogen-bond donors (Lipinski definition) is 1. The van der Waals surface area contributed by atoms with Crippen LogP contribution in [-0.4, -0.2) is 6.54 Å². The fraction of sp³-hybridized carbons (Fsp3) is 0.333. The third-order valence-electron chi connectivity index (χ3n) is 3.59. The van der Waals surface area contributed by atoms with E-state index in [9.17, 15) is 0 Å². The Morgan fingerprint density at radius 3 is 2.56 bits per heavy atom. The minimum absolute atomic E-state index is 0.00715. The van der Waals surface area contributed by atoms with Crippen molar-refractivity contribution >= 4 is 0 Å². The monoisotopic (exact) mass is 213 g/mol. The van der Waals surface area contributed by atoms with Gasteiger partial charge in [0.1, 0.15) is 0 Å². The molecule has 1 aliphatic rings. The van der Waals surface area contributed by atoms with Crippen molar-refractivity contribution in [2.75, 3.05) is 6.54 Å². The molecule has 0 fully saturated rings. The maximum atomic E-state index is 5.97. The second kappa shape index (κ2) is 4.26. The summed E-state index contributed by atoms with van der Waals surface area (Å²) >= 11 is 0. The topological polar surface area (TPSA) is 26.0 Å². The van der Waals surface area contributed by atoms with Gasteiger partial charge < -0.3 is 5.73 Å². The van der Waals surface area contributed by atoms with Gasteiger partial charge in [-0.25, -0.2) is 0 Å². The van der Waals surface area contributed by atoms with Gasteiger partial charge in [-0.15, -0.1) is 0 Å². The molecule has 1 heteroatoms. The molecule has 0 aromatic heterocycles. The Hall–Kier alpha value is -1.34. The first-order chi connectivity index (χ1) is 7.68. The van der Waals surface area contributed by atoms with Crippen LogP contribution in [0.15, 0.2) is 42.5 Å². The highest BCUT2D eigenvalue weighted by molar-refractivity contribution is 5.40. The fourth-order valence-electron chi connectivity index (χ4n) is 2.20. The van der Waals surface area contributed by atoms with E-state index in [2.05, 4.69) is 56.4 Å². The van der Waals surface area contributed by atoms with Gasteiger partial charge in [-0.3, -0.25) is 0 Å². The Balaban J connectivity index is 2.44. The molecular formula is C15H19N. The Morgan fingerprint density at radius 2 is 2.00 bits per heavy atom. The maximum absolute atomic E-state index is 5.97. The zero-order valence-corrected chi connectivity index (χ0v) is 10.0. The molecule has 84 valence electrons. The van der Waals surface area contributed by atoms with Gasteiger partial charge in [0.15, 0.2) is 0 Å². The summed E-state index contributed by atoms with van der Waals surface area (Å²) in [6.07, 6.45) is 9.63. The molecule has 0 bridgehead atoms. The van der Waals surface area contributed by atoms with E-state index in [4.69, 9.17) is 5.73 Å². The smallest absolute Gasteiger partial charge is 0.0292 e. The van der Waals surface area contributed by atoms with Crippen molar-refractivity contribution < 1.29 is 0 Å². The molecule has 0 spiro atoms. The molecule has 0 saturated heterocycles. The molecule has 0 aliphatic heterocycles. The quantitative estimate of drug-likeness (QED) is 0.803. The van der Waals surface area contributed by atoms with Gasteiger partial charge in [0.05, 0.1) is 0 Å². The van der Waals surface area contributed by atoms with Crippen molar-refractivity contribution in [3.63, 3.8) is 0 Å². The van der Waals surface area contributed by atoms with E-state index in [1.54, 1.807) is 0 Å². The summed E-state index contributed by atoms with van der Waals surface area (Å²) in [4.78, 5) is 0. The molecule has 2 rings (SSSR count). The number of rotatable bonds is 2. The summed E-state index contributed by atoms with van der Waals surface area (Å²) in [5.74, 6) is 0. The molecule has 0 radical (unpaired) electrons. The minimum atomic E-state index is 0.00715. The van der Waals surface area contributed by atoms with E-state index in [1.807, 2.05) is 0 Å². The first kappa shape index (κ1) is 11.2. The van der Waals surface area contributed by atoms with E-state index < -0.39 is 0 Å². The molecule has 1 unspecified atom stereocenters. The largest absolute Gasteiger partial charge is 0.329 e. The van der Waals surface area contributed by atoms with Gasteiger partial charge in [-0.1, -0.05) is 42.5 Å². The van der Waals surface area contributed by atoms with Gasteiger partial charge >= 0.3 is 0 Å². The third kappa shape index (κ3) is 1.83. The fourth-order valence-corrected chi connectivity index (χ4v) is 2.20. The van der Waals surface area contributed by atoms with Crippen molar-refractivity contribution in [1.29, 1.82) is 0 Å². The van der Waals surface area contributed by atoms with Crippen LogP contribution in [0.5, 0.6) is 0 Å². The molecule has 1 aromatic carbocycles. The van der Waals surface area contributed by atoms with Crippen LogP contribution < -0.4 is 5.73 Å². The molecule has 1 nitrogen and oxygen atoms in total. The Bertz CT molecular complexity index is 443. The predicted octanol–water partition coefficient (Wildman–Crippen LogP) is 3.02. The lowest BCUT2D eigenvalue weighted by Crippen LogP contribution is -2.33. The summed E-state index contributed by atoms with van der Waals surface area (Å²) in [6, 6.07) is 6.67. The molecule has 0 saturated carbocycles. The summed E-state index contributed by atoms with van der Waals surface area (Å²) in [6.45, 7) is 4.96. The lowest BCUT2D eigenvalue weighted by molar-refractivity contribution is 0.549. The molecule has 1 aromatic rings. The highest BCUT2D eigenvalue weighted by atomic mass is 14.6. The van der Waals surface area contributed by atoms with Gasteiger partial charge in [0.25, 0.3) is 0 Å². The molecule has 1 atom stereocenters. The lowest BCUT2D eigenvalue weighted by Gasteiger charge is -2.31. The van der Waals surface area contributed by atoms with Crippen LogP contribution in [0.1, 0.15) is 23.1 Å². The van der Waals surface area contributed by atoms with E-state index in [-0.39, 0.29) is 5.41 Å². The number of nitrogens with two attached hydrogens (primary N) is 1. The van der Waals surface area contributed by atoms with Gasteiger partial charge in [0.2, 0.25) is 0 Å². The van der Waals surface area contributed by atoms with Crippen LogP contribution in [0.4, 0.5) is 0 Å². The first-order valence-electron chi connectivity index (χ1n) is 5.80. The molecule has 0 amide bonds. The van der Waals surface area contributed by atoms with Crippen molar-refractivity contribution in [1.82, 2.24) is 0 Å². The van der Waals surface area contributed by atoms with Crippen molar-refractivity contribution in [3.8, 4) is 0 Å². The average Bonchev–Trinajstić information content (AvgIpc) is 2.33. The maximum Gasteiger partial charge on any atom is 0.0292 e. The normalized spacial score (nSPS) is 23.7. The van der Waals surface area contributed by atoms with Gasteiger partial charge in [0, 0.05) is 12.0 Å². The zero-order chi connectivity index (χ0) is 11.6. The van der Waals surface area contributed by atoms with E-state index >= 15 is 0 Å². The van der Waals surface area contributed by atoms with Crippen LogP contribution in [0, 0.1) is 13.8 Å². The number of hydrogen-bond acceptors (Lipinski definition) is 1. The van der Waals surface area contributed by atoms with E-state index in [0.717, 1.165) is 6.42 Å². The molecule has 1 aliphatic carbocycles. The Labute approximate surface area is 97.7 Å². The number of benzene rings is 1. The third-order valence-corrected chi connectivity index (χ3v) is 3.59. The Kier molecular flexibility index (Phi) is 2.97. The van der Waals surface area contributed by atoms with Crippen LogP contribution in [0.2, 0.25) is 0 Å². The van der Waals surface area contributed by atoms with Gasteiger partial charge in [-0.2, -0.15) is 0 Å². The highest BCUT2D eigenvalue weighted by Crippen LogP contribution is 2.32. The lowest BCUT2D eigenvalue weighted by atomic mass is 9.75. The predicted molar refractivity (Wildman–Crippen MR) is 69.5 cm³/mol. The molecule has 0 heterocycles. The average molecular weight is 213 g/mol. The van der Waals surface area contributed by atoms with E-state index in [1.165, 1.54) is 16.7 Å². The summed E-state index contributed by atoms with van der Waals surface area (Å²) in [5.41, 5.74) is 9.99. The summed E-state index contributed by atoms with van der Waals surface area (Å²) in [5, 5.41) is 0. The van der Waals surface area contributed by atoms with Crippen molar-refractivity contribution in [2.45, 2.75) is 25.7 Å². The molecule has 16 heavy (non-hydrogen) atoms. The van der Waals surface area contributed by atoms with Crippen molar-refractivity contribution in [2.24, 2.45) is 5.73 Å². The second-order valence-electron chi connectivity index (χ2n) is 4.65. The number of allylic oxidation sites excluding steroid dienone is 3. The second-order valence-corrected chi connectivity index (χ2v) is 4.65. The van der Waals surface area contributed by atoms with Crippen LogP contribution in [0.25, 0.3) is 0 Å². The van der Waals surface area contributed by atoms with Crippen LogP contribution in [0.3, 0.4) is 0 Å². The summed E-state index contributed by atoms with van der Waals surface area (Å²) in [7, 11) is 0. The van der Waals surface area contributed by atoms with Crippen molar-refractivity contribution in [3.05, 3.63) is 59.2 Å². The van der Waals surface area contributed by atoms with Crippen LogP contribution in [-0.2, 0) is 5.41 Å². The zero-order valence-electron chi connectivity index (χ0n) is 10.0. The number of aryl methyl sites for hydroxylation is 2. The van der Waals surface area contributed by atoms with Gasteiger partial charge in [-0.05, 0) is 37.0 Å². The first-order valence-corrected chi connectivity index (χ1v) is 5.80. The molecule has 2 N–H and O–H groups in total. The molecular weight excluding hydrogens is 194 g/mol. The van der Waals surface area contributed by atoms with Crippen LogP contribution >= 0.6 is 0 Å². The summed E-state index contributed by atoms with van der Waals surface area (Å²) < 4.78 is 0. The Morgan fingerprint density at radius 1 is 1.19 bits per heavy atom.